The van der Waals surface area contributed by atoms with Crippen molar-refractivity contribution in [2.24, 2.45) is 47.3 Å². The van der Waals surface area contributed by atoms with Crippen LogP contribution in [-0.2, 0) is 32.7 Å². The van der Waals surface area contributed by atoms with E-state index in [2.05, 4.69) is 55.4 Å². The summed E-state index contributed by atoms with van der Waals surface area (Å²) in [5.41, 5.74) is 0. The number of aliphatic hydroxyl groups excluding tert-OH is 2. The largest absolute Gasteiger partial charge is 0.472 e. The summed E-state index contributed by atoms with van der Waals surface area (Å²) in [4.78, 5) is 35.8. The van der Waals surface area contributed by atoms with Gasteiger partial charge in [-0.1, -0.05) is 185 Å². The standard InChI is InChI=1S/C46H91O10P/c1-35(2)17-11-19-37(5)21-13-23-39(7)25-15-27-41(9)29-45(49)53-33-44(34-55-57(51,52)54-32-43(48)31-47)56-46(50)30-42(10)28-16-26-40(8)24-14-22-38(6)20-12-18-36(3)4/h35-44,47-48H,11-34H2,1-10H3,(H,51,52). The molecule has 11 heteroatoms. The van der Waals surface area contributed by atoms with Crippen LogP contribution in [0.4, 0.5) is 0 Å². The van der Waals surface area contributed by atoms with Gasteiger partial charge in [0, 0.05) is 12.8 Å². The second-order valence-electron chi connectivity index (χ2n) is 19.1. The molecule has 0 radical (unpaired) electrons. The first kappa shape index (κ1) is 56.0. The number of phosphoric ester groups is 1. The Hall–Kier alpha value is -1.03. The van der Waals surface area contributed by atoms with Crippen molar-refractivity contribution in [2.75, 3.05) is 26.4 Å². The van der Waals surface area contributed by atoms with Crippen LogP contribution in [0.25, 0.3) is 0 Å². The summed E-state index contributed by atoms with van der Waals surface area (Å²) in [6.07, 6.45) is 19.4. The molecule has 0 aliphatic carbocycles. The van der Waals surface area contributed by atoms with Gasteiger partial charge in [0.1, 0.15) is 12.7 Å². The molecule has 3 N–H and O–H groups in total. The molecule has 57 heavy (non-hydrogen) atoms. The number of hydrogen-bond acceptors (Lipinski definition) is 9. The summed E-state index contributed by atoms with van der Waals surface area (Å²) in [5, 5.41) is 18.5. The Bertz CT molecular complexity index is 1040. The van der Waals surface area contributed by atoms with Crippen molar-refractivity contribution >= 4 is 19.8 Å². The van der Waals surface area contributed by atoms with E-state index in [9.17, 15) is 24.2 Å². The van der Waals surface area contributed by atoms with Gasteiger partial charge in [0.05, 0.1) is 19.8 Å². The molecule has 0 rings (SSSR count). The molecule has 9 atom stereocenters. The fraction of sp³-hybridized carbons (Fsp3) is 0.957. The predicted molar refractivity (Wildman–Crippen MR) is 233 cm³/mol. The topological polar surface area (TPSA) is 149 Å². The Morgan fingerprint density at radius 3 is 1.19 bits per heavy atom. The van der Waals surface area contributed by atoms with Crippen LogP contribution in [0.1, 0.15) is 198 Å². The van der Waals surface area contributed by atoms with Gasteiger partial charge in [0.2, 0.25) is 0 Å². The van der Waals surface area contributed by atoms with E-state index < -0.39 is 51.8 Å². The molecule has 0 fully saturated rings. The first-order valence-corrected chi connectivity index (χ1v) is 24.6. The van der Waals surface area contributed by atoms with Gasteiger partial charge >= 0.3 is 19.8 Å². The molecule has 0 spiro atoms. The van der Waals surface area contributed by atoms with Crippen LogP contribution in [0, 0.1) is 47.3 Å². The molecule has 0 aromatic rings. The van der Waals surface area contributed by atoms with Gasteiger partial charge in [-0.05, 0) is 47.3 Å². The fourth-order valence-corrected chi connectivity index (χ4v) is 8.19. The molecule has 0 aromatic carbocycles. The number of phosphoric acid groups is 1. The van der Waals surface area contributed by atoms with Crippen molar-refractivity contribution in [1.29, 1.82) is 0 Å². The highest BCUT2D eigenvalue weighted by molar-refractivity contribution is 7.47. The van der Waals surface area contributed by atoms with Crippen LogP contribution >= 0.6 is 7.82 Å². The summed E-state index contributed by atoms with van der Waals surface area (Å²) >= 11 is 0. The zero-order valence-corrected chi connectivity index (χ0v) is 39.3. The summed E-state index contributed by atoms with van der Waals surface area (Å²) in [6.45, 7) is 20.4. The number of carbonyl (C=O) groups is 2. The maximum Gasteiger partial charge on any atom is 0.472 e. The van der Waals surface area contributed by atoms with E-state index in [0.717, 1.165) is 62.2 Å². The summed E-state index contributed by atoms with van der Waals surface area (Å²) in [5.74, 6) is 3.68. The first-order chi connectivity index (χ1) is 26.8. The SMILES string of the molecule is CC(C)CCCC(C)CCCC(C)CCCC(C)CC(=O)OCC(COP(=O)(O)OCC(O)CO)OC(=O)CC(C)CCCC(C)CCCC(C)CCCC(C)C. The van der Waals surface area contributed by atoms with Gasteiger partial charge in [-0.2, -0.15) is 0 Å². The number of esters is 2. The molecule has 0 aromatic heterocycles. The van der Waals surface area contributed by atoms with Crippen molar-refractivity contribution in [3.05, 3.63) is 0 Å². The van der Waals surface area contributed by atoms with Crippen LogP contribution in [0.3, 0.4) is 0 Å². The van der Waals surface area contributed by atoms with Gasteiger partial charge in [-0.15, -0.1) is 0 Å². The molecule has 10 nitrogen and oxygen atoms in total. The molecular weight excluding hydrogens is 743 g/mol. The molecule has 340 valence electrons. The second kappa shape index (κ2) is 33.7. The van der Waals surface area contributed by atoms with E-state index in [4.69, 9.17) is 23.6 Å². The van der Waals surface area contributed by atoms with Crippen molar-refractivity contribution in [3.63, 3.8) is 0 Å². The van der Waals surface area contributed by atoms with Crippen LogP contribution in [0.15, 0.2) is 0 Å². The van der Waals surface area contributed by atoms with E-state index in [1.54, 1.807) is 0 Å². The lowest BCUT2D eigenvalue weighted by Gasteiger charge is -2.21. The van der Waals surface area contributed by atoms with Crippen LogP contribution in [-0.4, -0.2) is 65.7 Å². The summed E-state index contributed by atoms with van der Waals surface area (Å²) in [7, 11) is -4.65. The lowest BCUT2D eigenvalue weighted by molar-refractivity contribution is -0.162. The molecule has 0 heterocycles. The smallest absolute Gasteiger partial charge is 0.462 e. The fourth-order valence-electron chi connectivity index (χ4n) is 7.40. The highest BCUT2D eigenvalue weighted by atomic mass is 31.2. The first-order valence-electron chi connectivity index (χ1n) is 23.1. The van der Waals surface area contributed by atoms with E-state index >= 15 is 0 Å². The molecule has 0 saturated carbocycles. The van der Waals surface area contributed by atoms with Crippen molar-refractivity contribution < 1.29 is 47.8 Å². The van der Waals surface area contributed by atoms with E-state index in [-0.39, 0.29) is 31.3 Å². The van der Waals surface area contributed by atoms with E-state index in [1.807, 2.05) is 13.8 Å². The quantitative estimate of drug-likeness (QED) is 0.0405. The number of ether oxygens (including phenoxy) is 2. The minimum absolute atomic E-state index is 0.0775. The van der Waals surface area contributed by atoms with Crippen molar-refractivity contribution in [3.8, 4) is 0 Å². The van der Waals surface area contributed by atoms with Gasteiger partial charge in [0.25, 0.3) is 0 Å². The monoisotopic (exact) mass is 835 g/mol. The van der Waals surface area contributed by atoms with Gasteiger partial charge in [-0.25, -0.2) is 4.57 Å². The molecule has 9 unspecified atom stereocenters. The Morgan fingerprint density at radius 1 is 0.491 bits per heavy atom. The van der Waals surface area contributed by atoms with Gasteiger partial charge in [-0.3, -0.25) is 18.6 Å². The number of rotatable bonds is 38. The molecule has 0 aliphatic rings. The predicted octanol–water partition coefficient (Wildman–Crippen LogP) is 11.9. The second-order valence-corrected chi connectivity index (χ2v) is 20.6. The molecule has 0 bridgehead atoms. The Balaban J connectivity index is 4.77. The zero-order chi connectivity index (χ0) is 43.2. The van der Waals surface area contributed by atoms with E-state index in [0.29, 0.717) is 11.8 Å². The van der Waals surface area contributed by atoms with Gasteiger partial charge in [0.15, 0.2) is 6.10 Å². The normalized spacial score (nSPS) is 17.4. The van der Waals surface area contributed by atoms with Crippen LogP contribution in [0.5, 0.6) is 0 Å². The maximum atomic E-state index is 13.0. The minimum atomic E-state index is -4.65. The Morgan fingerprint density at radius 2 is 0.825 bits per heavy atom. The highest BCUT2D eigenvalue weighted by Crippen LogP contribution is 2.43. The molecule has 0 saturated heterocycles. The lowest BCUT2D eigenvalue weighted by atomic mass is 9.91. The van der Waals surface area contributed by atoms with Gasteiger partial charge < -0.3 is 24.6 Å². The molecule has 0 aliphatic heterocycles. The average molecular weight is 835 g/mol. The summed E-state index contributed by atoms with van der Waals surface area (Å²) < 4.78 is 33.3. The van der Waals surface area contributed by atoms with E-state index in [1.165, 1.54) is 77.0 Å². The Kier molecular flexibility index (Phi) is 33.1. The molecular formula is C46H91O10P. The number of hydrogen-bond donors (Lipinski definition) is 3. The molecule has 0 amide bonds. The average Bonchev–Trinajstić information content (AvgIpc) is 3.11. The lowest BCUT2D eigenvalue weighted by Crippen LogP contribution is -2.30. The van der Waals surface area contributed by atoms with Crippen LogP contribution in [0.2, 0.25) is 0 Å². The van der Waals surface area contributed by atoms with Crippen molar-refractivity contribution in [2.45, 2.75) is 210 Å². The zero-order valence-electron chi connectivity index (χ0n) is 38.4. The third-order valence-electron chi connectivity index (χ3n) is 11.4. The van der Waals surface area contributed by atoms with Crippen molar-refractivity contribution in [1.82, 2.24) is 0 Å². The summed E-state index contributed by atoms with van der Waals surface area (Å²) in [6, 6.07) is 0. The van der Waals surface area contributed by atoms with Crippen LogP contribution < -0.4 is 0 Å². The number of carbonyl (C=O) groups excluding carboxylic acids is 2. The third kappa shape index (κ3) is 35.4. The number of aliphatic hydroxyl groups is 2. The Labute approximate surface area is 350 Å². The highest BCUT2D eigenvalue weighted by Gasteiger charge is 2.28. The maximum absolute atomic E-state index is 13.0. The third-order valence-corrected chi connectivity index (χ3v) is 12.3. The minimum Gasteiger partial charge on any atom is -0.462 e.